The van der Waals surface area contributed by atoms with E-state index in [2.05, 4.69) is 20.8 Å². The highest BCUT2D eigenvalue weighted by molar-refractivity contribution is 7.86. The van der Waals surface area contributed by atoms with Crippen LogP contribution in [0.1, 0.15) is 90.5 Å². The van der Waals surface area contributed by atoms with Crippen LogP contribution in [-0.4, -0.2) is 15.0 Å². The summed E-state index contributed by atoms with van der Waals surface area (Å²) in [6, 6.07) is 6.81. The van der Waals surface area contributed by atoms with Gasteiger partial charge in [-0.15, -0.1) is 0 Å². The summed E-state index contributed by atoms with van der Waals surface area (Å²) < 4.78 is 29.7. The van der Waals surface area contributed by atoms with Crippen LogP contribution in [0.25, 0.3) is 0 Å². The molecule has 156 valence electrons. The monoisotopic (exact) mass is 396 g/mol. The van der Waals surface area contributed by atoms with E-state index in [9.17, 15) is 8.42 Å². The number of aryl methyl sites for hydroxylation is 1. The molecule has 0 aliphatic rings. The van der Waals surface area contributed by atoms with E-state index in [1.807, 2.05) is 6.92 Å². The molecule has 4 heteroatoms. The van der Waals surface area contributed by atoms with Crippen molar-refractivity contribution in [1.82, 2.24) is 0 Å². The summed E-state index contributed by atoms with van der Waals surface area (Å²) in [5.41, 5.74) is 1.04. The summed E-state index contributed by atoms with van der Waals surface area (Å²) in [7, 11) is -3.64. The van der Waals surface area contributed by atoms with Gasteiger partial charge >= 0.3 is 0 Å². The molecule has 0 bridgehead atoms. The third-order valence-electron chi connectivity index (χ3n) is 5.26. The summed E-state index contributed by atoms with van der Waals surface area (Å²) in [5.74, 6) is 1.02. The van der Waals surface area contributed by atoms with E-state index in [-0.39, 0.29) is 17.4 Å². The summed E-state index contributed by atoms with van der Waals surface area (Å²) in [5, 5.41) is 0. The standard InChI is InChI=1S/C23H40O3S/c1-5-6-7-8-9-10-12-20(2)13-11-14-22(4)19-26-27(24,25)23-17-15-21(3)16-18-23/h15-18,20,22H,5-14,19H2,1-4H3/t20-,22+/m1/s1. The molecule has 0 aromatic heterocycles. The second-order valence-corrected chi connectivity index (χ2v) is 9.86. The van der Waals surface area contributed by atoms with Crippen molar-refractivity contribution in [3.8, 4) is 0 Å². The molecule has 1 rings (SSSR count). The van der Waals surface area contributed by atoms with Crippen molar-refractivity contribution in [3.63, 3.8) is 0 Å². The fraction of sp³-hybridized carbons (Fsp3) is 0.739. The predicted molar refractivity (Wildman–Crippen MR) is 114 cm³/mol. The normalized spacial score (nSPS) is 14.2. The minimum Gasteiger partial charge on any atom is -0.266 e. The van der Waals surface area contributed by atoms with Crippen molar-refractivity contribution in [3.05, 3.63) is 29.8 Å². The molecule has 0 radical (unpaired) electrons. The van der Waals surface area contributed by atoms with Gasteiger partial charge < -0.3 is 0 Å². The first-order valence-electron chi connectivity index (χ1n) is 10.8. The average Bonchev–Trinajstić information content (AvgIpc) is 2.63. The maximum atomic E-state index is 12.2. The van der Waals surface area contributed by atoms with Gasteiger partial charge in [0, 0.05) is 0 Å². The highest BCUT2D eigenvalue weighted by Crippen LogP contribution is 2.20. The molecule has 0 aliphatic carbocycles. The first kappa shape index (κ1) is 24.2. The maximum Gasteiger partial charge on any atom is 0.296 e. The Morgan fingerprint density at radius 3 is 2.04 bits per heavy atom. The molecule has 0 heterocycles. The van der Waals surface area contributed by atoms with Crippen LogP contribution in [0.2, 0.25) is 0 Å². The lowest BCUT2D eigenvalue weighted by molar-refractivity contribution is 0.251. The van der Waals surface area contributed by atoms with Crippen LogP contribution >= 0.6 is 0 Å². The molecule has 1 aromatic rings. The zero-order valence-corrected chi connectivity index (χ0v) is 18.7. The van der Waals surface area contributed by atoms with Crippen LogP contribution in [0.3, 0.4) is 0 Å². The molecule has 0 aliphatic heterocycles. The van der Waals surface area contributed by atoms with Gasteiger partial charge in [-0.3, -0.25) is 4.18 Å². The second kappa shape index (κ2) is 13.3. The van der Waals surface area contributed by atoms with Gasteiger partial charge in [0.25, 0.3) is 10.1 Å². The molecule has 0 amide bonds. The van der Waals surface area contributed by atoms with Gasteiger partial charge in [-0.1, -0.05) is 96.3 Å². The van der Waals surface area contributed by atoms with Crippen LogP contribution in [0.4, 0.5) is 0 Å². The zero-order chi connectivity index (χ0) is 20.1. The fourth-order valence-electron chi connectivity index (χ4n) is 3.29. The Labute approximate surface area is 168 Å². The SMILES string of the molecule is CCCCCCCC[C@@H](C)CCC[C@H](C)COS(=O)(=O)c1ccc(C)cc1. The van der Waals surface area contributed by atoms with Crippen LogP contribution in [0.5, 0.6) is 0 Å². The third kappa shape index (κ3) is 10.9. The Hall–Kier alpha value is -0.870. The predicted octanol–water partition coefficient (Wildman–Crippen LogP) is 6.89. The molecule has 3 nitrogen and oxygen atoms in total. The van der Waals surface area contributed by atoms with Crippen molar-refractivity contribution in [2.24, 2.45) is 11.8 Å². The minimum absolute atomic E-state index is 0.243. The third-order valence-corrected chi connectivity index (χ3v) is 6.56. The first-order valence-corrected chi connectivity index (χ1v) is 12.2. The smallest absolute Gasteiger partial charge is 0.266 e. The average molecular weight is 397 g/mol. The van der Waals surface area contributed by atoms with Gasteiger partial charge in [-0.05, 0) is 37.3 Å². The second-order valence-electron chi connectivity index (χ2n) is 8.25. The van der Waals surface area contributed by atoms with Gasteiger partial charge in [-0.25, -0.2) is 0 Å². The molecule has 0 saturated carbocycles. The molecule has 0 fully saturated rings. The Bertz CT molecular complexity index is 593. The number of unbranched alkanes of at least 4 members (excludes halogenated alkanes) is 5. The Morgan fingerprint density at radius 1 is 0.815 bits per heavy atom. The van der Waals surface area contributed by atoms with Crippen molar-refractivity contribution in [2.45, 2.75) is 96.8 Å². The Balaban J connectivity index is 2.16. The first-order chi connectivity index (χ1) is 12.8. The van der Waals surface area contributed by atoms with Crippen molar-refractivity contribution >= 4 is 10.1 Å². The van der Waals surface area contributed by atoms with E-state index in [0.717, 1.165) is 24.3 Å². The van der Waals surface area contributed by atoms with Gasteiger partial charge in [0.15, 0.2) is 0 Å². The molecule has 0 saturated heterocycles. The maximum absolute atomic E-state index is 12.2. The van der Waals surface area contributed by atoms with E-state index in [1.54, 1.807) is 24.3 Å². The topological polar surface area (TPSA) is 43.4 Å². The number of hydrogen-bond acceptors (Lipinski definition) is 3. The molecule has 0 spiro atoms. The quantitative estimate of drug-likeness (QED) is 0.239. The number of hydrogen-bond donors (Lipinski definition) is 0. The lowest BCUT2D eigenvalue weighted by Crippen LogP contribution is -2.13. The molecule has 0 N–H and O–H groups in total. The van der Waals surface area contributed by atoms with Crippen LogP contribution in [-0.2, 0) is 14.3 Å². The molecule has 2 atom stereocenters. The van der Waals surface area contributed by atoms with Gasteiger partial charge in [-0.2, -0.15) is 8.42 Å². The largest absolute Gasteiger partial charge is 0.296 e. The number of rotatable bonds is 15. The fourth-order valence-corrected chi connectivity index (χ4v) is 4.31. The highest BCUT2D eigenvalue weighted by atomic mass is 32.2. The molecule has 27 heavy (non-hydrogen) atoms. The van der Waals surface area contributed by atoms with E-state index in [0.29, 0.717) is 0 Å². The molecule has 1 aromatic carbocycles. The minimum atomic E-state index is -3.64. The summed E-state index contributed by atoms with van der Waals surface area (Å²) in [4.78, 5) is 0.243. The number of benzene rings is 1. The van der Waals surface area contributed by atoms with Crippen molar-refractivity contribution < 1.29 is 12.6 Å². The van der Waals surface area contributed by atoms with Gasteiger partial charge in [0.05, 0.1) is 11.5 Å². The lowest BCUT2D eigenvalue weighted by Gasteiger charge is -2.15. The van der Waals surface area contributed by atoms with Crippen molar-refractivity contribution in [1.29, 1.82) is 0 Å². The van der Waals surface area contributed by atoms with Crippen LogP contribution < -0.4 is 0 Å². The zero-order valence-electron chi connectivity index (χ0n) is 17.9. The summed E-state index contributed by atoms with van der Waals surface area (Å²) >= 11 is 0. The summed E-state index contributed by atoms with van der Waals surface area (Å²) in [6.07, 6.45) is 12.9. The summed E-state index contributed by atoms with van der Waals surface area (Å²) in [6.45, 7) is 8.87. The van der Waals surface area contributed by atoms with Crippen LogP contribution in [0.15, 0.2) is 29.2 Å². The lowest BCUT2D eigenvalue weighted by atomic mass is 9.94. The highest BCUT2D eigenvalue weighted by Gasteiger charge is 2.16. The van der Waals surface area contributed by atoms with Gasteiger partial charge in [0.2, 0.25) is 0 Å². The van der Waals surface area contributed by atoms with E-state index in [1.165, 1.54) is 51.4 Å². The Morgan fingerprint density at radius 2 is 1.37 bits per heavy atom. The van der Waals surface area contributed by atoms with Crippen molar-refractivity contribution in [2.75, 3.05) is 6.61 Å². The van der Waals surface area contributed by atoms with E-state index < -0.39 is 10.1 Å². The molecule has 0 unspecified atom stereocenters. The van der Waals surface area contributed by atoms with Gasteiger partial charge in [0.1, 0.15) is 0 Å². The molecular weight excluding hydrogens is 356 g/mol. The van der Waals surface area contributed by atoms with Crippen LogP contribution in [0, 0.1) is 18.8 Å². The molecular formula is C23H40O3S. The van der Waals surface area contributed by atoms with E-state index in [4.69, 9.17) is 4.18 Å². The Kier molecular flexibility index (Phi) is 11.9. The van der Waals surface area contributed by atoms with E-state index >= 15 is 0 Å².